The highest BCUT2D eigenvalue weighted by atomic mass is 35.5. The van der Waals surface area contributed by atoms with E-state index < -0.39 is 49.5 Å². The first kappa shape index (κ1) is 18.6. The minimum atomic E-state index is -4.95. The fraction of sp³-hybridized carbons (Fsp3) is 0.167. The van der Waals surface area contributed by atoms with Crippen LogP contribution in [0.15, 0.2) is 12.1 Å². The van der Waals surface area contributed by atoms with Crippen molar-refractivity contribution in [3.8, 4) is 11.8 Å². The van der Waals surface area contributed by atoms with Crippen molar-refractivity contribution < 1.29 is 26.3 Å². The van der Waals surface area contributed by atoms with Gasteiger partial charge in [0.15, 0.2) is 5.69 Å². The smallest absolute Gasteiger partial charge is 0.282 e. The third-order valence-corrected chi connectivity index (χ3v) is 3.73. The summed E-state index contributed by atoms with van der Waals surface area (Å²) in [5.41, 5.74) is -4.06. The Balaban J connectivity index is 2.80. The Labute approximate surface area is 145 Å². The number of aromatic nitrogens is 2. The number of benzene rings is 1. The number of alkyl halides is 6. The van der Waals surface area contributed by atoms with Crippen molar-refractivity contribution in [2.24, 2.45) is 0 Å². The third-order valence-electron chi connectivity index (χ3n) is 2.86. The molecule has 2 aromatic rings. The van der Waals surface area contributed by atoms with E-state index >= 15 is 0 Å². The molecule has 0 aliphatic heterocycles. The number of hydrogen-bond donors (Lipinski definition) is 1. The van der Waals surface area contributed by atoms with Gasteiger partial charge in [0.25, 0.3) is 0 Å². The van der Waals surface area contributed by atoms with Gasteiger partial charge in [-0.25, -0.2) is 4.68 Å². The predicted octanol–water partition coefficient (Wildman–Crippen LogP) is 5.75. The number of nitrogens with zero attached hydrogens (tertiary/aromatic N) is 2. The maximum atomic E-state index is 13.0. The molecular weight excluding hydrogens is 403 g/mol. The van der Waals surface area contributed by atoms with E-state index in [-0.39, 0.29) is 0 Å². The number of hydrogen-bond acceptors (Lipinski definition) is 2. The molecule has 0 fully saturated rings. The van der Waals surface area contributed by atoms with Gasteiger partial charge in [-0.15, -0.1) is 0 Å². The Hall–Kier alpha value is -1.70. The second-order valence-corrected chi connectivity index (χ2v) is 5.62. The Bertz CT molecular complexity index is 880. The molecule has 0 saturated carbocycles. The number of H-pyrrole nitrogens is 1. The van der Waals surface area contributed by atoms with Crippen molar-refractivity contribution in [2.75, 3.05) is 0 Å². The van der Waals surface area contributed by atoms with Gasteiger partial charge >= 0.3 is 12.4 Å². The summed E-state index contributed by atoms with van der Waals surface area (Å²) in [5, 5.41) is 9.85. The molecule has 0 spiro atoms. The molecule has 2 rings (SSSR count). The SMILES string of the molecule is N#Cc1c(C(F)(F)F)c(=S)[nH]n1-c1c(Cl)cc(C(F)(F)F)cc1Cl. The van der Waals surface area contributed by atoms with Crippen molar-refractivity contribution in [2.45, 2.75) is 12.4 Å². The van der Waals surface area contributed by atoms with Crippen LogP contribution in [0.25, 0.3) is 5.69 Å². The van der Waals surface area contributed by atoms with Crippen LogP contribution < -0.4 is 0 Å². The number of nitrogens with one attached hydrogen (secondary N) is 1. The van der Waals surface area contributed by atoms with Gasteiger partial charge in [0.1, 0.15) is 22.0 Å². The van der Waals surface area contributed by atoms with E-state index in [1.165, 1.54) is 6.07 Å². The van der Waals surface area contributed by atoms with Crippen LogP contribution in [-0.2, 0) is 12.4 Å². The lowest BCUT2D eigenvalue weighted by Gasteiger charge is -2.13. The molecule has 0 aliphatic rings. The molecule has 1 aromatic heterocycles. The lowest BCUT2D eigenvalue weighted by atomic mass is 10.2. The quantitative estimate of drug-likeness (QED) is 0.484. The third kappa shape index (κ3) is 3.24. The van der Waals surface area contributed by atoms with E-state index in [0.29, 0.717) is 16.8 Å². The van der Waals surface area contributed by atoms with Crippen molar-refractivity contribution in [3.63, 3.8) is 0 Å². The summed E-state index contributed by atoms with van der Waals surface area (Å²) in [5.74, 6) is 0. The highest BCUT2D eigenvalue weighted by molar-refractivity contribution is 7.71. The van der Waals surface area contributed by atoms with E-state index in [9.17, 15) is 26.3 Å². The van der Waals surface area contributed by atoms with Crippen molar-refractivity contribution in [1.29, 1.82) is 5.26 Å². The fourth-order valence-electron chi connectivity index (χ4n) is 1.91. The summed E-state index contributed by atoms with van der Waals surface area (Å²) < 4.78 is 76.7. The average molecular weight is 406 g/mol. The first-order valence-corrected chi connectivity index (χ1v) is 6.93. The van der Waals surface area contributed by atoms with Gasteiger partial charge in [-0.3, -0.25) is 5.10 Å². The monoisotopic (exact) mass is 405 g/mol. The maximum Gasteiger partial charge on any atom is 0.422 e. The number of rotatable bonds is 1. The van der Waals surface area contributed by atoms with E-state index in [0.717, 1.165) is 0 Å². The van der Waals surface area contributed by atoms with E-state index in [1.54, 1.807) is 0 Å². The molecule has 0 bridgehead atoms. The molecule has 0 amide bonds. The predicted molar refractivity (Wildman–Crippen MR) is 75.7 cm³/mol. The van der Waals surface area contributed by atoms with Crippen LogP contribution in [0.1, 0.15) is 16.8 Å². The minimum absolute atomic E-state index is 0.454. The molecule has 0 unspecified atom stereocenters. The average Bonchev–Trinajstić information content (AvgIpc) is 2.73. The summed E-state index contributed by atoms with van der Waals surface area (Å²) >= 11 is 16.0. The molecule has 1 N–H and O–H groups in total. The summed E-state index contributed by atoms with van der Waals surface area (Å²) in [6.45, 7) is 0. The highest BCUT2D eigenvalue weighted by Gasteiger charge is 2.39. The van der Waals surface area contributed by atoms with Crippen LogP contribution >= 0.6 is 35.4 Å². The summed E-state index contributed by atoms with van der Waals surface area (Å²) in [4.78, 5) is 0. The van der Waals surface area contributed by atoms with Gasteiger partial charge in [0.05, 0.1) is 15.6 Å². The van der Waals surface area contributed by atoms with Crippen LogP contribution in [-0.4, -0.2) is 9.78 Å². The topological polar surface area (TPSA) is 44.5 Å². The van der Waals surface area contributed by atoms with Crippen LogP contribution in [0.5, 0.6) is 0 Å². The summed E-state index contributed by atoms with van der Waals surface area (Å²) in [6, 6.07) is 2.26. The lowest BCUT2D eigenvalue weighted by molar-refractivity contribution is -0.138. The molecule has 0 radical (unpaired) electrons. The van der Waals surface area contributed by atoms with Crippen molar-refractivity contribution in [1.82, 2.24) is 9.78 Å². The van der Waals surface area contributed by atoms with Gasteiger partial charge in [0.2, 0.25) is 0 Å². The van der Waals surface area contributed by atoms with Crippen LogP contribution in [0.3, 0.4) is 0 Å². The van der Waals surface area contributed by atoms with Gasteiger partial charge in [0, 0.05) is 0 Å². The van der Waals surface area contributed by atoms with Crippen LogP contribution in [0.2, 0.25) is 10.0 Å². The Morgan fingerprint density at radius 1 is 1.04 bits per heavy atom. The minimum Gasteiger partial charge on any atom is -0.282 e. The second-order valence-electron chi connectivity index (χ2n) is 4.40. The first-order chi connectivity index (χ1) is 10.9. The van der Waals surface area contributed by atoms with E-state index in [1.807, 2.05) is 0 Å². The zero-order chi connectivity index (χ0) is 18.4. The first-order valence-electron chi connectivity index (χ1n) is 5.77. The maximum absolute atomic E-state index is 13.0. The number of aromatic amines is 1. The van der Waals surface area contributed by atoms with Crippen molar-refractivity contribution >= 4 is 35.4 Å². The normalized spacial score (nSPS) is 12.3. The molecule has 0 saturated heterocycles. The molecule has 0 aliphatic carbocycles. The Morgan fingerprint density at radius 2 is 1.54 bits per heavy atom. The van der Waals surface area contributed by atoms with Crippen molar-refractivity contribution in [3.05, 3.63) is 43.6 Å². The van der Waals surface area contributed by atoms with Gasteiger partial charge in [-0.2, -0.15) is 31.6 Å². The molecule has 1 aromatic carbocycles. The summed E-state index contributed by atoms with van der Waals surface area (Å²) in [7, 11) is 0. The van der Waals surface area contributed by atoms with E-state index in [2.05, 4.69) is 17.3 Å². The molecule has 24 heavy (non-hydrogen) atoms. The molecular formula is C12H3Cl2F6N3S. The van der Waals surface area contributed by atoms with Gasteiger partial charge in [-0.1, -0.05) is 35.4 Å². The zero-order valence-corrected chi connectivity index (χ0v) is 13.3. The second kappa shape index (κ2) is 5.98. The fourth-order valence-corrected chi connectivity index (χ4v) is 2.87. The lowest BCUT2D eigenvalue weighted by Crippen LogP contribution is -2.10. The van der Waals surface area contributed by atoms with Gasteiger partial charge in [-0.05, 0) is 12.1 Å². The standard InChI is InChI=1S/C12H3Cl2F6N3S/c13-5-1-4(11(15,16)17)2-6(14)9(5)23-7(3-21)8(10(24)22-23)12(18,19)20/h1-2H,(H,22,24). The molecule has 12 heteroatoms. The Morgan fingerprint density at radius 3 is 1.92 bits per heavy atom. The Kier molecular flexibility index (Phi) is 4.65. The molecule has 1 heterocycles. The zero-order valence-electron chi connectivity index (χ0n) is 11.0. The van der Waals surface area contributed by atoms with Crippen LogP contribution in [0, 0.1) is 16.0 Å². The largest absolute Gasteiger partial charge is 0.422 e. The number of halogens is 8. The van der Waals surface area contributed by atoms with E-state index in [4.69, 9.17) is 28.5 Å². The van der Waals surface area contributed by atoms with Crippen LogP contribution in [0.4, 0.5) is 26.3 Å². The number of nitriles is 1. The molecule has 128 valence electrons. The van der Waals surface area contributed by atoms with Gasteiger partial charge < -0.3 is 0 Å². The molecule has 3 nitrogen and oxygen atoms in total. The highest BCUT2D eigenvalue weighted by Crippen LogP contribution is 2.39. The molecule has 0 atom stereocenters. The summed E-state index contributed by atoms with van der Waals surface area (Å²) in [6.07, 6.45) is -9.71.